The largest absolute Gasteiger partial charge is 0.497 e. The van der Waals surface area contributed by atoms with Crippen LogP contribution in [-0.2, 0) is 4.79 Å². The maximum absolute atomic E-state index is 10.7. The lowest BCUT2D eigenvalue weighted by Crippen LogP contribution is -2.28. The van der Waals surface area contributed by atoms with Gasteiger partial charge in [0.1, 0.15) is 11.9 Å². The van der Waals surface area contributed by atoms with E-state index in [1.54, 1.807) is 18.2 Å². The van der Waals surface area contributed by atoms with Crippen LogP contribution in [0.25, 0.3) is 0 Å². The monoisotopic (exact) mass is 268 g/mol. The van der Waals surface area contributed by atoms with Crippen molar-refractivity contribution in [1.82, 2.24) is 5.32 Å². The lowest BCUT2D eigenvalue weighted by Gasteiger charge is -2.20. The summed E-state index contributed by atoms with van der Waals surface area (Å²) in [6, 6.07) is 4.87. The Morgan fingerprint density at radius 1 is 1.47 bits per heavy atom. The van der Waals surface area contributed by atoms with Gasteiger partial charge < -0.3 is 26.0 Å². The Balaban J connectivity index is 2.70. The maximum Gasteiger partial charge on any atom is 0.216 e. The zero-order valence-corrected chi connectivity index (χ0v) is 11.1. The number of benzene rings is 1. The van der Waals surface area contributed by atoms with Crippen molar-refractivity contribution in [3.8, 4) is 5.75 Å². The van der Waals surface area contributed by atoms with Crippen LogP contribution in [0.15, 0.2) is 18.2 Å². The summed E-state index contributed by atoms with van der Waals surface area (Å²) in [4.78, 5) is 10.7. The van der Waals surface area contributed by atoms with E-state index in [1.807, 2.05) is 0 Å². The zero-order chi connectivity index (χ0) is 14.4. The summed E-state index contributed by atoms with van der Waals surface area (Å²) >= 11 is 0. The Bertz CT molecular complexity index is 437. The molecule has 0 fully saturated rings. The molecule has 2 unspecified atom stereocenters. The van der Waals surface area contributed by atoms with Crippen LogP contribution in [0.5, 0.6) is 5.75 Å². The van der Waals surface area contributed by atoms with Crippen molar-refractivity contribution in [1.29, 1.82) is 0 Å². The smallest absolute Gasteiger partial charge is 0.216 e. The second-order valence-electron chi connectivity index (χ2n) is 4.28. The molecule has 0 aliphatic carbocycles. The number of nitrogen functional groups attached to an aromatic ring is 1. The first-order valence-electron chi connectivity index (χ1n) is 5.99. The molecule has 1 amide bonds. The number of carbonyl (C=O) groups excluding carboxylic acids is 1. The Morgan fingerprint density at radius 2 is 2.16 bits per heavy atom. The summed E-state index contributed by atoms with van der Waals surface area (Å²) in [7, 11) is 1.51. The highest BCUT2D eigenvalue weighted by Crippen LogP contribution is 2.28. The number of methoxy groups -OCH3 is 1. The number of carbonyl (C=O) groups is 1. The van der Waals surface area contributed by atoms with Gasteiger partial charge in [0, 0.05) is 24.7 Å². The third-order valence-electron chi connectivity index (χ3n) is 2.79. The first-order valence-corrected chi connectivity index (χ1v) is 5.99. The van der Waals surface area contributed by atoms with Gasteiger partial charge in [0.15, 0.2) is 0 Å². The van der Waals surface area contributed by atoms with Crippen molar-refractivity contribution in [2.24, 2.45) is 0 Å². The average molecular weight is 268 g/mol. The lowest BCUT2D eigenvalue weighted by molar-refractivity contribution is -0.119. The Labute approximate surface area is 112 Å². The number of anilines is 1. The molecule has 1 aromatic rings. The zero-order valence-electron chi connectivity index (χ0n) is 11.1. The standard InChI is InChI=1S/C13H20N2O4/c1-8(16)15-6-5-12(17)13(18)10-7-9(19-2)3-4-11(10)14/h3-4,7,12-13,17-18H,5-6,14H2,1-2H3,(H,15,16). The predicted molar refractivity (Wildman–Crippen MR) is 71.7 cm³/mol. The number of amides is 1. The molecular formula is C13H20N2O4. The van der Waals surface area contributed by atoms with E-state index in [1.165, 1.54) is 14.0 Å². The fourth-order valence-electron chi connectivity index (χ4n) is 1.70. The van der Waals surface area contributed by atoms with Crippen LogP contribution in [0.1, 0.15) is 25.0 Å². The minimum absolute atomic E-state index is 0.178. The van der Waals surface area contributed by atoms with E-state index in [0.29, 0.717) is 17.0 Å². The van der Waals surface area contributed by atoms with E-state index in [2.05, 4.69) is 5.32 Å². The number of nitrogens with two attached hydrogens (primary N) is 1. The van der Waals surface area contributed by atoms with Crippen molar-refractivity contribution in [2.45, 2.75) is 25.6 Å². The molecule has 0 saturated carbocycles. The summed E-state index contributed by atoms with van der Waals surface area (Å²) in [6.45, 7) is 1.68. The highest BCUT2D eigenvalue weighted by atomic mass is 16.5. The lowest BCUT2D eigenvalue weighted by atomic mass is 10.00. The van der Waals surface area contributed by atoms with Gasteiger partial charge >= 0.3 is 0 Å². The quantitative estimate of drug-likeness (QED) is 0.552. The topological polar surface area (TPSA) is 105 Å². The molecule has 6 heteroatoms. The molecule has 2 atom stereocenters. The van der Waals surface area contributed by atoms with Gasteiger partial charge in [0.2, 0.25) is 5.91 Å². The minimum atomic E-state index is -1.12. The molecule has 0 saturated heterocycles. The highest BCUT2D eigenvalue weighted by Gasteiger charge is 2.20. The van der Waals surface area contributed by atoms with Crippen LogP contribution in [-0.4, -0.2) is 35.9 Å². The van der Waals surface area contributed by atoms with Gasteiger partial charge in [-0.25, -0.2) is 0 Å². The van der Waals surface area contributed by atoms with Crippen molar-refractivity contribution >= 4 is 11.6 Å². The number of ether oxygens (including phenoxy) is 1. The fraction of sp³-hybridized carbons (Fsp3) is 0.462. The summed E-state index contributed by atoms with van der Waals surface area (Å²) < 4.78 is 5.05. The molecule has 106 valence electrons. The predicted octanol–water partition coefficient (Wildman–Crippen LogP) is 0.198. The van der Waals surface area contributed by atoms with Gasteiger partial charge in [-0.3, -0.25) is 4.79 Å². The van der Waals surface area contributed by atoms with Crippen LogP contribution < -0.4 is 15.8 Å². The summed E-state index contributed by atoms with van der Waals surface area (Å²) in [6.07, 6.45) is -1.90. The molecule has 0 radical (unpaired) electrons. The molecule has 0 spiro atoms. The van der Waals surface area contributed by atoms with Gasteiger partial charge in [0.25, 0.3) is 0 Å². The van der Waals surface area contributed by atoms with Gasteiger partial charge in [0.05, 0.1) is 13.2 Å². The van der Waals surface area contributed by atoms with Crippen molar-refractivity contribution in [2.75, 3.05) is 19.4 Å². The Morgan fingerprint density at radius 3 is 2.74 bits per heavy atom. The average Bonchev–Trinajstić information content (AvgIpc) is 2.38. The molecule has 0 aliphatic rings. The van der Waals surface area contributed by atoms with Gasteiger partial charge in [-0.15, -0.1) is 0 Å². The van der Waals surface area contributed by atoms with Crippen molar-refractivity contribution in [3.63, 3.8) is 0 Å². The second kappa shape index (κ2) is 6.96. The molecule has 0 aliphatic heterocycles. The number of nitrogens with one attached hydrogen (secondary N) is 1. The van der Waals surface area contributed by atoms with Gasteiger partial charge in [-0.2, -0.15) is 0 Å². The Hall–Kier alpha value is -1.79. The minimum Gasteiger partial charge on any atom is -0.497 e. The maximum atomic E-state index is 10.7. The number of hydrogen-bond donors (Lipinski definition) is 4. The van der Waals surface area contributed by atoms with Crippen LogP contribution in [0, 0.1) is 0 Å². The number of aliphatic hydroxyl groups is 2. The molecule has 0 aromatic heterocycles. The molecule has 1 rings (SSSR count). The Kier molecular flexibility index (Phi) is 5.59. The second-order valence-corrected chi connectivity index (χ2v) is 4.28. The SMILES string of the molecule is COc1ccc(N)c(C(O)C(O)CCNC(C)=O)c1. The van der Waals surface area contributed by atoms with Crippen LogP contribution in [0.2, 0.25) is 0 Å². The van der Waals surface area contributed by atoms with Crippen molar-refractivity contribution in [3.05, 3.63) is 23.8 Å². The third kappa shape index (κ3) is 4.42. The third-order valence-corrected chi connectivity index (χ3v) is 2.79. The van der Waals surface area contributed by atoms with E-state index in [0.717, 1.165) is 0 Å². The van der Waals surface area contributed by atoms with Gasteiger partial charge in [-0.05, 0) is 24.6 Å². The molecule has 19 heavy (non-hydrogen) atoms. The first-order chi connectivity index (χ1) is 8.95. The number of rotatable bonds is 6. The summed E-state index contributed by atoms with van der Waals surface area (Å²) in [5.74, 6) is 0.375. The first kappa shape index (κ1) is 15.3. The molecule has 0 bridgehead atoms. The van der Waals surface area contributed by atoms with E-state index in [-0.39, 0.29) is 18.9 Å². The van der Waals surface area contributed by atoms with E-state index < -0.39 is 12.2 Å². The van der Waals surface area contributed by atoms with Gasteiger partial charge in [-0.1, -0.05) is 0 Å². The summed E-state index contributed by atoms with van der Waals surface area (Å²) in [5.41, 5.74) is 6.56. The molecule has 6 nitrogen and oxygen atoms in total. The summed E-state index contributed by atoms with van der Waals surface area (Å²) in [5, 5.41) is 22.5. The van der Waals surface area contributed by atoms with E-state index in [9.17, 15) is 15.0 Å². The number of hydrogen-bond acceptors (Lipinski definition) is 5. The fourth-order valence-corrected chi connectivity index (χ4v) is 1.70. The van der Waals surface area contributed by atoms with Crippen LogP contribution in [0.3, 0.4) is 0 Å². The molecule has 5 N–H and O–H groups in total. The van der Waals surface area contributed by atoms with Crippen molar-refractivity contribution < 1.29 is 19.7 Å². The van der Waals surface area contributed by atoms with E-state index >= 15 is 0 Å². The normalized spacial score (nSPS) is 13.7. The molecule has 1 aromatic carbocycles. The molecule has 0 heterocycles. The number of aliphatic hydroxyl groups excluding tert-OH is 2. The highest BCUT2D eigenvalue weighted by molar-refractivity contribution is 5.72. The van der Waals surface area contributed by atoms with Crippen LogP contribution >= 0.6 is 0 Å². The molecular weight excluding hydrogens is 248 g/mol. The van der Waals surface area contributed by atoms with E-state index in [4.69, 9.17) is 10.5 Å². The van der Waals surface area contributed by atoms with Crippen LogP contribution in [0.4, 0.5) is 5.69 Å².